The highest BCUT2D eigenvalue weighted by Crippen LogP contribution is 2.08. The van der Waals surface area contributed by atoms with Crippen LogP contribution in [0.15, 0.2) is 22.5 Å². The average molecular weight is 146 g/mol. The second-order valence-electron chi connectivity index (χ2n) is 1.32. The first-order valence-corrected chi connectivity index (χ1v) is 4.07. The maximum atomic E-state index is 3.90. The highest BCUT2D eigenvalue weighted by atomic mass is 32.2. The van der Waals surface area contributed by atoms with Gasteiger partial charge in [0.25, 0.3) is 0 Å². The van der Waals surface area contributed by atoms with Gasteiger partial charge in [0.15, 0.2) is 0 Å². The SMILES string of the molecule is CS/C(C)=C\C=C\S. The lowest BCUT2D eigenvalue weighted by atomic mass is 10.5. The molecule has 0 N–H and O–H groups in total. The monoisotopic (exact) mass is 146 g/mol. The molecule has 0 unspecified atom stereocenters. The fourth-order valence-electron chi connectivity index (χ4n) is 0.247. The predicted octanol–water partition coefficient (Wildman–Crippen LogP) is 2.70. The zero-order chi connectivity index (χ0) is 6.41. The quantitative estimate of drug-likeness (QED) is 0.461. The van der Waals surface area contributed by atoms with Crippen molar-refractivity contribution in [2.75, 3.05) is 6.26 Å². The van der Waals surface area contributed by atoms with Crippen LogP contribution in [0.4, 0.5) is 0 Å². The molecule has 0 aliphatic carbocycles. The van der Waals surface area contributed by atoms with Crippen molar-refractivity contribution < 1.29 is 0 Å². The Morgan fingerprint density at radius 1 is 1.62 bits per heavy atom. The zero-order valence-corrected chi connectivity index (χ0v) is 6.80. The third-order valence-corrected chi connectivity index (χ3v) is 1.69. The van der Waals surface area contributed by atoms with Gasteiger partial charge >= 0.3 is 0 Å². The van der Waals surface area contributed by atoms with Gasteiger partial charge in [-0.25, -0.2) is 0 Å². The van der Waals surface area contributed by atoms with Gasteiger partial charge in [-0.3, -0.25) is 0 Å². The number of rotatable bonds is 2. The van der Waals surface area contributed by atoms with E-state index in [-0.39, 0.29) is 0 Å². The number of thioether (sulfide) groups is 1. The second-order valence-corrected chi connectivity index (χ2v) is 2.67. The van der Waals surface area contributed by atoms with Gasteiger partial charge in [0, 0.05) is 0 Å². The minimum absolute atomic E-state index is 1.30. The molecule has 0 aliphatic rings. The van der Waals surface area contributed by atoms with Crippen LogP contribution in [0, 0.1) is 0 Å². The largest absolute Gasteiger partial charge is 0.151 e. The number of hydrogen-bond acceptors (Lipinski definition) is 2. The lowest BCUT2D eigenvalue weighted by Crippen LogP contribution is -1.58. The van der Waals surface area contributed by atoms with Crippen molar-refractivity contribution >= 4 is 24.4 Å². The van der Waals surface area contributed by atoms with Crippen LogP contribution in [0.25, 0.3) is 0 Å². The summed E-state index contributed by atoms with van der Waals surface area (Å²) in [4.78, 5) is 1.30. The van der Waals surface area contributed by atoms with Crippen LogP contribution >= 0.6 is 24.4 Å². The third kappa shape index (κ3) is 4.34. The van der Waals surface area contributed by atoms with Crippen molar-refractivity contribution in [1.29, 1.82) is 0 Å². The molecule has 0 saturated heterocycles. The maximum absolute atomic E-state index is 3.90. The Labute approximate surface area is 60.5 Å². The highest BCUT2D eigenvalue weighted by molar-refractivity contribution is 8.02. The summed E-state index contributed by atoms with van der Waals surface area (Å²) in [5.41, 5.74) is 0. The molecule has 0 radical (unpaired) electrons. The minimum Gasteiger partial charge on any atom is -0.151 e. The molecule has 0 aliphatic heterocycles. The van der Waals surface area contributed by atoms with Gasteiger partial charge in [0.2, 0.25) is 0 Å². The molecule has 0 amide bonds. The molecule has 0 bridgehead atoms. The summed E-state index contributed by atoms with van der Waals surface area (Å²) in [5.74, 6) is 0. The molecule has 0 nitrogen and oxygen atoms in total. The Balaban J connectivity index is 3.57. The summed E-state index contributed by atoms with van der Waals surface area (Å²) in [7, 11) is 0. The molecule has 0 spiro atoms. The van der Waals surface area contributed by atoms with Crippen molar-refractivity contribution in [1.82, 2.24) is 0 Å². The Bertz CT molecular complexity index is 103. The molecule has 0 aromatic rings. The van der Waals surface area contributed by atoms with Gasteiger partial charge in [0.1, 0.15) is 0 Å². The first-order chi connectivity index (χ1) is 3.81. The fourth-order valence-corrected chi connectivity index (χ4v) is 0.547. The third-order valence-electron chi connectivity index (χ3n) is 0.739. The summed E-state index contributed by atoms with van der Waals surface area (Å²) in [6, 6.07) is 0. The molecule has 2 heteroatoms. The van der Waals surface area contributed by atoms with Crippen molar-refractivity contribution in [3.63, 3.8) is 0 Å². The van der Waals surface area contributed by atoms with Crippen LogP contribution in [0.1, 0.15) is 6.92 Å². The number of hydrogen-bond donors (Lipinski definition) is 1. The van der Waals surface area contributed by atoms with E-state index in [2.05, 4.69) is 25.8 Å². The summed E-state index contributed by atoms with van der Waals surface area (Å²) in [6.07, 6.45) is 5.99. The standard InChI is InChI=1S/C6H10S2/c1-6(8-2)4-3-5-7/h3-5,7H,1-2H3/b5-3+,6-4-. The van der Waals surface area contributed by atoms with Crippen LogP contribution in [-0.4, -0.2) is 6.26 Å². The molecule has 0 fully saturated rings. The first kappa shape index (κ1) is 8.18. The van der Waals surface area contributed by atoms with Crippen LogP contribution in [0.2, 0.25) is 0 Å². The maximum Gasteiger partial charge on any atom is -0.0140 e. The molecule has 0 saturated carbocycles. The van der Waals surface area contributed by atoms with E-state index >= 15 is 0 Å². The lowest BCUT2D eigenvalue weighted by Gasteiger charge is -1.86. The summed E-state index contributed by atoms with van der Waals surface area (Å²) in [6.45, 7) is 2.07. The first-order valence-electron chi connectivity index (χ1n) is 2.33. The van der Waals surface area contributed by atoms with E-state index in [1.165, 1.54) is 4.91 Å². The minimum atomic E-state index is 1.30. The van der Waals surface area contributed by atoms with Crippen LogP contribution in [-0.2, 0) is 0 Å². The van der Waals surface area contributed by atoms with Gasteiger partial charge in [-0.2, -0.15) is 12.6 Å². The normalized spacial score (nSPS) is 13.1. The Morgan fingerprint density at radius 2 is 2.25 bits per heavy atom. The Kier molecular flexibility index (Phi) is 5.44. The topological polar surface area (TPSA) is 0 Å². The fraction of sp³-hybridized carbons (Fsp3) is 0.333. The van der Waals surface area contributed by atoms with Gasteiger partial charge < -0.3 is 0 Å². The molecular formula is C6H10S2. The summed E-state index contributed by atoms with van der Waals surface area (Å²) >= 11 is 5.64. The van der Waals surface area contributed by atoms with Gasteiger partial charge in [0.05, 0.1) is 0 Å². The zero-order valence-electron chi connectivity index (χ0n) is 5.09. The molecule has 46 valence electrons. The Hall–Kier alpha value is 0.180. The summed E-state index contributed by atoms with van der Waals surface area (Å²) in [5, 5.41) is 1.72. The molecular weight excluding hydrogens is 136 g/mol. The van der Waals surface area contributed by atoms with E-state index in [1.54, 1.807) is 17.2 Å². The number of allylic oxidation sites excluding steroid dienone is 3. The van der Waals surface area contributed by atoms with Crippen molar-refractivity contribution in [2.24, 2.45) is 0 Å². The van der Waals surface area contributed by atoms with E-state index in [0.717, 1.165) is 0 Å². The molecule has 0 heterocycles. The van der Waals surface area contributed by atoms with E-state index in [0.29, 0.717) is 0 Å². The van der Waals surface area contributed by atoms with E-state index < -0.39 is 0 Å². The van der Waals surface area contributed by atoms with Crippen LogP contribution in [0.3, 0.4) is 0 Å². The van der Waals surface area contributed by atoms with Crippen LogP contribution < -0.4 is 0 Å². The van der Waals surface area contributed by atoms with Gasteiger partial charge in [-0.1, -0.05) is 12.2 Å². The van der Waals surface area contributed by atoms with Crippen molar-refractivity contribution in [2.45, 2.75) is 6.92 Å². The predicted molar refractivity (Wildman–Crippen MR) is 45.4 cm³/mol. The van der Waals surface area contributed by atoms with Gasteiger partial charge in [-0.05, 0) is 23.5 Å². The van der Waals surface area contributed by atoms with Crippen molar-refractivity contribution in [3.05, 3.63) is 22.5 Å². The second kappa shape index (κ2) is 5.32. The number of thiol groups is 1. The summed E-state index contributed by atoms with van der Waals surface area (Å²) < 4.78 is 0. The van der Waals surface area contributed by atoms with Crippen LogP contribution in [0.5, 0.6) is 0 Å². The lowest BCUT2D eigenvalue weighted by molar-refractivity contribution is 1.68. The van der Waals surface area contributed by atoms with E-state index in [9.17, 15) is 0 Å². The average Bonchev–Trinajstić information content (AvgIpc) is 1.83. The molecule has 0 atom stereocenters. The van der Waals surface area contributed by atoms with Gasteiger partial charge in [-0.15, -0.1) is 11.8 Å². The highest BCUT2D eigenvalue weighted by Gasteiger charge is 1.76. The smallest absolute Gasteiger partial charge is 0.0140 e. The van der Waals surface area contributed by atoms with E-state index in [1.807, 2.05) is 12.2 Å². The molecule has 0 rings (SSSR count). The van der Waals surface area contributed by atoms with Crippen molar-refractivity contribution in [3.8, 4) is 0 Å². The van der Waals surface area contributed by atoms with E-state index in [4.69, 9.17) is 0 Å². The molecule has 0 aromatic heterocycles. The molecule has 0 aromatic carbocycles. The Morgan fingerprint density at radius 3 is 2.62 bits per heavy atom. The molecule has 8 heavy (non-hydrogen) atoms.